The number of ketones is 1. The number of Topliss-reactive ketones (excluding diaryl/α,β-unsaturated/α-hetero) is 1. The number of ether oxygens (including phenoxy) is 1. The molecule has 136 valence electrons. The van der Waals surface area contributed by atoms with Crippen molar-refractivity contribution in [3.05, 3.63) is 62.7 Å². The molecular weight excluding hydrogens is 354 g/mol. The third-order valence-electron chi connectivity index (χ3n) is 4.66. The minimum atomic E-state index is -0.583. The van der Waals surface area contributed by atoms with E-state index in [0.717, 1.165) is 0 Å². The quantitative estimate of drug-likeness (QED) is 0.474. The van der Waals surface area contributed by atoms with E-state index in [1.165, 1.54) is 12.1 Å². The lowest BCUT2D eigenvalue weighted by atomic mass is 9.70. The molecule has 1 heterocycles. The molecule has 7 nitrogen and oxygen atoms in total. The molecule has 0 amide bonds. The number of hydrogen-bond acceptors (Lipinski definition) is 6. The highest BCUT2D eigenvalue weighted by molar-refractivity contribution is 7.80. The van der Waals surface area contributed by atoms with Gasteiger partial charge in [0, 0.05) is 36.5 Å². The van der Waals surface area contributed by atoms with Gasteiger partial charge in [-0.25, -0.2) is 0 Å². The molecule has 0 spiro atoms. The van der Waals surface area contributed by atoms with Crippen molar-refractivity contribution in [1.29, 1.82) is 0 Å². The Morgan fingerprint density at radius 3 is 2.46 bits per heavy atom. The standard InChI is InChI=1S/C18H19N3O4S/c1-18(2)7-11(22)14-12(8-18)25-16(19)15(17(20)26)13(14)9-3-5-10(6-4-9)21(23)24/h3-6,13H,7-8,19H2,1-2H3,(H2,20,26)/t13-/m0/s1. The van der Waals surface area contributed by atoms with E-state index < -0.39 is 10.8 Å². The van der Waals surface area contributed by atoms with Crippen LogP contribution in [0.1, 0.15) is 38.2 Å². The first-order valence-electron chi connectivity index (χ1n) is 8.08. The molecule has 1 atom stereocenters. The first kappa shape index (κ1) is 18.1. The van der Waals surface area contributed by atoms with Gasteiger partial charge in [0.2, 0.25) is 0 Å². The van der Waals surface area contributed by atoms with E-state index in [1.54, 1.807) is 12.1 Å². The fraction of sp³-hybridized carbons (Fsp3) is 0.333. The summed E-state index contributed by atoms with van der Waals surface area (Å²) in [7, 11) is 0. The highest BCUT2D eigenvalue weighted by Gasteiger charge is 2.43. The van der Waals surface area contributed by atoms with Crippen LogP contribution in [-0.4, -0.2) is 15.7 Å². The number of thiocarbonyl (C=S) groups is 1. The minimum Gasteiger partial charge on any atom is -0.445 e. The topological polar surface area (TPSA) is 121 Å². The Balaban J connectivity index is 2.17. The van der Waals surface area contributed by atoms with Gasteiger partial charge in [-0.3, -0.25) is 14.9 Å². The number of hydrogen-bond donors (Lipinski definition) is 2. The molecule has 0 fully saturated rings. The molecule has 0 bridgehead atoms. The van der Waals surface area contributed by atoms with Crippen LogP contribution in [0, 0.1) is 15.5 Å². The van der Waals surface area contributed by atoms with Gasteiger partial charge in [-0.1, -0.05) is 38.2 Å². The minimum absolute atomic E-state index is 0.0371. The van der Waals surface area contributed by atoms with Gasteiger partial charge in [0.15, 0.2) is 11.7 Å². The van der Waals surface area contributed by atoms with Gasteiger partial charge in [-0.2, -0.15) is 0 Å². The van der Waals surface area contributed by atoms with Crippen LogP contribution in [-0.2, 0) is 9.53 Å². The maximum Gasteiger partial charge on any atom is 0.269 e. The Bertz CT molecular complexity index is 884. The van der Waals surface area contributed by atoms with Crippen molar-refractivity contribution >= 4 is 28.7 Å². The number of nitrogens with two attached hydrogens (primary N) is 2. The fourth-order valence-electron chi connectivity index (χ4n) is 3.55. The highest BCUT2D eigenvalue weighted by atomic mass is 32.1. The number of nitro groups is 1. The Kier molecular flexibility index (Phi) is 4.31. The smallest absolute Gasteiger partial charge is 0.269 e. The zero-order valence-corrected chi connectivity index (χ0v) is 15.3. The van der Waals surface area contributed by atoms with Crippen LogP contribution in [0.3, 0.4) is 0 Å². The largest absolute Gasteiger partial charge is 0.445 e. The molecule has 3 rings (SSSR count). The van der Waals surface area contributed by atoms with E-state index in [2.05, 4.69) is 0 Å². The van der Waals surface area contributed by atoms with E-state index >= 15 is 0 Å². The second-order valence-electron chi connectivity index (χ2n) is 7.30. The first-order valence-corrected chi connectivity index (χ1v) is 8.49. The van der Waals surface area contributed by atoms with Gasteiger partial charge in [0.05, 0.1) is 10.5 Å². The van der Waals surface area contributed by atoms with Crippen molar-refractivity contribution in [3.8, 4) is 0 Å². The lowest BCUT2D eigenvalue weighted by Crippen LogP contribution is -2.36. The molecular formula is C18H19N3O4S. The van der Waals surface area contributed by atoms with Gasteiger partial charge < -0.3 is 16.2 Å². The Morgan fingerprint density at radius 1 is 1.31 bits per heavy atom. The zero-order chi connectivity index (χ0) is 19.2. The van der Waals surface area contributed by atoms with Crippen molar-refractivity contribution < 1.29 is 14.5 Å². The lowest BCUT2D eigenvalue weighted by molar-refractivity contribution is -0.384. The Hall–Kier alpha value is -2.74. The zero-order valence-electron chi connectivity index (χ0n) is 14.4. The molecule has 1 aromatic rings. The second-order valence-corrected chi connectivity index (χ2v) is 7.74. The summed E-state index contributed by atoms with van der Waals surface area (Å²) in [6, 6.07) is 5.96. The van der Waals surface area contributed by atoms with E-state index in [4.69, 9.17) is 28.4 Å². The maximum atomic E-state index is 12.9. The Morgan fingerprint density at radius 2 is 1.92 bits per heavy atom. The van der Waals surface area contributed by atoms with Crippen LogP contribution >= 0.6 is 12.2 Å². The molecule has 1 aliphatic heterocycles. The summed E-state index contributed by atoms with van der Waals surface area (Å²) in [6.45, 7) is 3.98. The van der Waals surface area contributed by atoms with Gasteiger partial charge in [-0.15, -0.1) is 0 Å². The molecule has 8 heteroatoms. The predicted molar refractivity (Wildman–Crippen MR) is 100.0 cm³/mol. The number of rotatable bonds is 3. The van der Waals surface area contributed by atoms with Gasteiger partial charge in [-0.05, 0) is 11.0 Å². The molecule has 1 aliphatic carbocycles. The van der Waals surface area contributed by atoms with Crippen LogP contribution in [0.4, 0.5) is 5.69 Å². The SMILES string of the molecule is CC1(C)CC(=O)C2=C(C1)OC(N)=C(C(N)=S)[C@H]2c1ccc([N+](=O)[O-])cc1. The van der Waals surface area contributed by atoms with Gasteiger partial charge >= 0.3 is 0 Å². The van der Waals surface area contributed by atoms with Crippen LogP contribution in [0.15, 0.2) is 47.1 Å². The summed E-state index contributed by atoms with van der Waals surface area (Å²) < 4.78 is 5.72. The van der Waals surface area contributed by atoms with E-state index in [1.807, 2.05) is 13.8 Å². The van der Waals surface area contributed by atoms with E-state index in [0.29, 0.717) is 35.3 Å². The van der Waals surface area contributed by atoms with E-state index in [9.17, 15) is 14.9 Å². The summed E-state index contributed by atoms with van der Waals surface area (Å²) in [5.41, 5.74) is 13.1. The highest BCUT2D eigenvalue weighted by Crippen LogP contribution is 2.48. The number of non-ortho nitro benzene ring substituents is 1. The lowest BCUT2D eigenvalue weighted by Gasteiger charge is -2.38. The molecule has 0 saturated heterocycles. The second kappa shape index (κ2) is 6.21. The van der Waals surface area contributed by atoms with Crippen molar-refractivity contribution in [2.45, 2.75) is 32.6 Å². The third kappa shape index (κ3) is 3.08. The van der Waals surface area contributed by atoms with Crippen molar-refractivity contribution in [2.24, 2.45) is 16.9 Å². The number of nitrogens with zero attached hydrogens (tertiary/aromatic N) is 1. The summed E-state index contributed by atoms with van der Waals surface area (Å²) in [5, 5.41) is 10.9. The summed E-state index contributed by atoms with van der Waals surface area (Å²) in [5.74, 6) is -0.0429. The molecule has 0 aromatic heterocycles. The average Bonchev–Trinajstić information content (AvgIpc) is 2.51. The molecule has 0 unspecified atom stereocenters. The Labute approximate surface area is 155 Å². The molecule has 26 heavy (non-hydrogen) atoms. The number of carbonyl (C=O) groups is 1. The molecule has 2 aliphatic rings. The van der Waals surface area contributed by atoms with Crippen LogP contribution in [0.5, 0.6) is 0 Å². The predicted octanol–water partition coefficient (Wildman–Crippen LogP) is 2.81. The van der Waals surface area contributed by atoms with Crippen molar-refractivity contribution in [1.82, 2.24) is 0 Å². The van der Waals surface area contributed by atoms with Crippen LogP contribution in [0.2, 0.25) is 0 Å². The summed E-state index contributed by atoms with van der Waals surface area (Å²) >= 11 is 5.13. The van der Waals surface area contributed by atoms with Crippen molar-refractivity contribution in [3.63, 3.8) is 0 Å². The molecule has 0 radical (unpaired) electrons. The fourth-order valence-corrected chi connectivity index (χ4v) is 3.77. The molecule has 4 N–H and O–H groups in total. The van der Waals surface area contributed by atoms with Crippen LogP contribution in [0.25, 0.3) is 0 Å². The summed E-state index contributed by atoms with van der Waals surface area (Å²) in [4.78, 5) is 23.4. The monoisotopic (exact) mass is 373 g/mol. The summed E-state index contributed by atoms with van der Waals surface area (Å²) in [6.07, 6.45) is 0.923. The molecule has 0 saturated carbocycles. The van der Waals surface area contributed by atoms with Gasteiger partial charge in [0.25, 0.3) is 5.69 Å². The van der Waals surface area contributed by atoms with Crippen molar-refractivity contribution in [2.75, 3.05) is 0 Å². The van der Waals surface area contributed by atoms with E-state index in [-0.39, 0.29) is 27.8 Å². The number of carbonyl (C=O) groups excluding carboxylic acids is 1. The molecule has 1 aromatic carbocycles. The third-order valence-corrected chi connectivity index (χ3v) is 4.88. The average molecular weight is 373 g/mol. The number of allylic oxidation sites excluding steroid dienone is 2. The number of benzene rings is 1. The van der Waals surface area contributed by atoms with Gasteiger partial charge in [0.1, 0.15) is 10.7 Å². The first-order chi connectivity index (χ1) is 12.1. The maximum absolute atomic E-state index is 12.9. The van der Waals surface area contributed by atoms with Crippen LogP contribution < -0.4 is 11.5 Å². The number of nitro benzene ring substituents is 1. The normalized spacial score (nSPS) is 21.9.